The summed E-state index contributed by atoms with van der Waals surface area (Å²) in [6, 6.07) is 7.36. The highest BCUT2D eigenvalue weighted by Gasteiger charge is 2.33. The molecule has 4 rings (SSSR count). The van der Waals surface area contributed by atoms with E-state index in [1.165, 1.54) is 0 Å². The van der Waals surface area contributed by atoms with Gasteiger partial charge >= 0.3 is 0 Å². The third-order valence-corrected chi connectivity index (χ3v) is 6.91. The number of hydrogen-bond donors (Lipinski definition) is 2. The van der Waals surface area contributed by atoms with Crippen LogP contribution < -0.4 is 15.4 Å². The standard InChI is InChI=1S/C26H31N3O4/c1-33-22-7-6-18-12-21(13-20(18)14-22)26(32)29-23(10-16-4-5-16)24(30)11-17(15-27)9-19-3-2-8-28-25(19)31/h6-7,13-14,16-17,19,23H,2-5,8-12H2,1H3,(H,28,31)(H,29,32)/t17-,19+,23+/m1/s1. The van der Waals surface area contributed by atoms with Crippen molar-refractivity contribution in [1.82, 2.24) is 10.6 Å². The summed E-state index contributed by atoms with van der Waals surface area (Å²) in [6.07, 6.45) is 7.22. The first-order valence-electron chi connectivity index (χ1n) is 11.8. The Balaban J connectivity index is 1.39. The molecule has 2 aliphatic carbocycles. The highest BCUT2D eigenvalue weighted by atomic mass is 16.5. The molecule has 2 fully saturated rings. The topological polar surface area (TPSA) is 108 Å². The molecule has 1 aromatic rings. The van der Waals surface area contributed by atoms with Crippen LogP contribution in [0.3, 0.4) is 0 Å². The zero-order chi connectivity index (χ0) is 23.4. The van der Waals surface area contributed by atoms with Crippen LogP contribution in [0, 0.1) is 29.1 Å². The summed E-state index contributed by atoms with van der Waals surface area (Å²) in [7, 11) is 1.61. The van der Waals surface area contributed by atoms with E-state index in [0.717, 1.165) is 42.6 Å². The van der Waals surface area contributed by atoms with Gasteiger partial charge in [-0.05, 0) is 60.9 Å². The quantitative estimate of drug-likeness (QED) is 0.571. The monoisotopic (exact) mass is 449 g/mol. The van der Waals surface area contributed by atoms with Gasteiger partial charge in [0.1, 0.15) is 5.75 Å². The molecule has 7 heteroatoms. The molecule has 1 heterocycles. The number of nitriles is 1. The smallest absolute Gasteiger partial charge is 0.248 e. The van der Waals surface area contributed by atoms with Crippen LogP contribution in [0.15, 0.2) is 23.8 Å². The first kappa shape index (κ1) is 23.0. The van der Waals surface area contributed by atoms with Gasteiger partial charge in [0, 0.05) is 30.9 Å². The van der Waals surface area contributed by atoms with Gasteiger partial charge in [-0.3, -0.25) is 14.4 Å². The highest BCUT2D eigenvalue weighted by Crippen LogP contribution is 2.35. The van der Waals surface area contributed by atoms with Gasteiger partial charge in [-0.1, -0.05) is 18.9 Å². The van der Waals surface area contributed by atoms with Crippen LogP contribution in [-0.2, 0) is 20.8 Å². The molecular weight excluding hydrogens is 418 g/mol. The molecule has 3 atom stereocenters. The van der Waals surface area contributed by atoms with Gasteiger partial charge in [-0.15, -0.1) is 0 Å². The molecule has 2 amide bonds. The Morgan fingerprint density at radius 3 is 2.79 bits per heavy atom. The molecule has 2 N–H and O–H groups in total. The summed E-state index contributed by atoms with van der Waals surface area (Å²) >= 11 is 0. The number of benzene rings is 1. The lowest BCUT2D eigenvalue weighted by Gasteiger charge is -2.24. The molecule has 7 nitrogen and oxygen atoms in total. The minimum absolute atomic E-state index is 0.0267. The molecule has 174 valence electrons. The van der Waals surface area contributed by atoms with Crippen molar-refractivity contribution < 1.29 is 19.1 Å². The lowest BCUT2D eigenvalue weighted by Crippen LogP contribution is -2.43. The van der Waals surface area contributed by atoms with Gasteiger partial charge in [0.2, 0.25) is 11.8 Å². The van der Waals surface area contributed by atoms with Gasteiger partial charge in [-0.25, -0.2) is 0 Å². The number of nitrogens with zero attached hydrogens (tertiary/aromatic N) is 1. The molecule has 1 saturated carbocycles. The second-order valence-corrected chi connectivity index (χ2v) is 9.48. The second-order valence-electron chi connectivity index (χ2n) is 9.48. The van der Waals surface area contributed by atoms with Gasteiger partial charge in [-0.2, -0.15) is 5.26 Å². The van der Waals surface area contributed by atoms with Crippen LogP contribution >= 0.6 is 0 Å². The van der Waals surface area contributed by atoms with Gasteiger partial charge in [0.15, 0.2) is 5.78 Å². The van der Waals surface area contributed by atoms with Crippen molar-refractivity contribution in [3.63, 3.8) is 0 Å². The Morgan fingerprint density at radius 2 is 2.09 bits per heavy atom. The SMILES string of the molecule is COc1ccc2c(c1)C=C(C(=O)N[C@@H](CC1CC1)C(=O)C[C@H](C#N)C[C@@H]1CCCNC1=O)C2. The van der Waals surface area contributed by atoms with Crippen molar-refractivity contribution in [2.75, 3.05) is 13.7 Å². The molecule has 1 aliphatic heterocycles. The number of ether oxygens (including phenoxy) is 1. The zero-order valence-corrected chi connectivity index (χ0v) is 19.1. The second kappa shape index (κ2) is 10.2. The average molecular weight is 450 g/mol. The van der Waals surface area contributed by atoms with Gasteiger partial charge in [0.25, 0.3) is 0 Å². The number of nitrogens with one attached hydrogen (secondary N) is 2. The summed E-state index contributed by atoms with van der Waals surface area (Å²) in [5.41, 5.74) is 2.64. The van der Waals surface area contributed by atoms with Crippen LogP contribution in [0.4, 0.5) is 0 Å². The van der Waals surface area contributed by atoms with E-state index in [1.54, 1.807) is 7.11 Å². The van der Waals surface area contributed by atoms with Gasteiger partial charge < -0.3 is 15.4 Å². The van der Waals surface area contributed by atoms with E-state index in [1.807, 2.05) is 24.3 Å². The van der Waals surface area contributed by atoms with Crippen LogP contribution in [0.1, 0.15) is 56.1 Å². The summed E-state index contributed by atoms with van der Waals surface area (Å²) in [4.78, 5) is 38.2. The number of piperidine rings is 1. The number of Topliss-reactive ketones (excluding diaryl/α,β-unsaturated/α-hetero) is 1. The lowest BCUT2D eigenvalue weighted by atomic mass is 9.85. The molecular formula is C26H31N3O4. The Morgan fingerprint density at radius 1 is 1.27 bits per heavy atom. The molecule has 1 saturated heterocycles. The molecule has 0 radical (unpaired) electrons. The molecule has 0 unspecified atom stereocenters. The molecule has 1 aromatic carbocycles. The van der Waals surface area contributed by atoms with Crippen molar-refractivity contribution >= 4 is 23.7 Å². The van der Waals surface area contributed by atoms with Crippen molar-refractivity contribution in [2.45, 2.75) is 57.4 Å². The van der Waals surface area contributed by atoms with E-state index < -0.39 is 12.0 Å². The minimum Gasteiger partial charge on any atom is -0.497 e. The number of rotatable bonds is 10. The van der Waals surface area contributed by atoms with Crippen molar-refractivity contribution in [2.24, 2.45) is 17.8 Å². The lowest BCUT2D eigenvalue weighted by molar-refractivity contribution is -0.128. The number of hydrogen-bond acceptors (Lipinski definition) is 5. The number of carbonyl (C=O) groups is 3. The molecule has 0 bridgehead atoms. The van der Waals surface area contributed by atoms with E-state index in [2.05, 4.69) is 16.7 Å². The Labute approximate surface area is 194 Å². The third-order valence-electron chi connectivity index (χ3n) is 6.91. The van der Waals surface area contributed by atoms with E-state index in [-0.39, 0.29) is 29.9 Å². The maximum absolute atomic E-state index is 13.1. The summed E-state index contributed by atoms with van der Waals surface area (Å²) in [6.45, 7) is 0.674. The number of fused-ring (bicyclic) bond motifs is 1. The minimum atomic E-state index is -0.597. The fourth-order valence-corrected chi connectivity index (χ4v) is 4.76. The van der Waals surface area contributed by atoms with Crippen molar-refractivity contribution in [1.29, 1.82) is 5.26 Å². The largest absolute Gasteiger partial charge is 0.497 e. The van der Waals surface area contributed by atoms with Crippen LogP contribution in [0.5, 0.6) is 5.75 Å². The maximum atomic E-state index is 13.1. The number of carbonyl (C=O) groups excluding carboxylic acids is 3. The predicted molar refractivity (Wildman–Crippen MR) is 123 cm³/mol. The van der Waals surface area contributed by atoms with Crippen LogP contribution in [-0.4, -0.2) is 37.3 Å². The van der Waals surface area contributed by atoms with Crippen LogP contribution in [0.25, 0.3) is 6.08 Å². The van der Waals surface area contributed by atoms with E-state index in [9.17, 15) is 19.6 Å². The Hall–Kier alpha value is -3.14. The number of amides is 2. The van der Waals surface area contributed by atoms with Crippen molar-refractivity contribution in [3.8, 4) is 11.8 Å². The molecule has 33 heavy (non-hydrogen) atoms. The van der Waals surface area contributed by atoms with Crippen LogP contribution in [0.2, 0.25) is 0 Å². The number of ketones is 1. The van der Waals surface area contributed by atoms with Crippen molar-refractivity contribution in [3.05, 3.63) is 34.9 Å². The fourth-order valence-electron chi connectivity index (χ4n) is 4.76. The summed E-state index contributed by atoms with van der Waals surface area (Å²) in [5.74, 6) is 0.0750. The van der Waals surface area contributed by atoms with E-state index in [0.29, 0.717) is 37.3 Å². The fraction of sp³-hybridized carbons (Fsp3) is 0.538. The van der Waals surface area contributed by atoms with E-state index >= 15 is 0 Å². The third kappa shape index (κ3) is 5.81. The number of methoxy groups -OCH3 is 1. The molecule has 0 aromatic heterocycles. The highest BCUT2D eigenvalue weighted by molar-refractivity contribution is 6.02. The van der Waals surface area contributed by atoms with Gasteiger partial charge in [0.05, 0.1) is 25.1 Å². The Bertz CT molecular complexity index is 1010. The molecule has 0 spiro atoms. The predicted octanol–water partition coefficient (Wildman–Crippen LogP) is 2.93. The van der Waals surface area contributed by atoms with E-state index in [4.69, 9.17) is 4.74 Å². The zero-order valence-electron chi connectivity index (χ0n) is 19.1. The normalized spacial score (nSPS) is 21.2. The Kier molecular flexibility index (Phi) is 7.12. The maximum Gasteiger partial charge on any atom is 0.248 e. The summed E-state index contributed by atoms with van der Waals surface area (Å²) < 4.78 is 5.26. The first-order valence-corrected chi connectivity index (χ1v) is 11.8. The molecule has 3 aliphatic rings. The average Bonchev–Trinajstić information content (AvgIpc) is 3.53. The first-order chi connectivity index (χ1) is 16.0. The summed E-state index contributed by atoms with van der Waals surface area (Å²) in [5, 5.41) is 15.4.